The third-order valence-corrected chi connectivity index (χ3v) is 4.55. The molecule has 1 amide bonds. The Labute approximate surface area is 154 Å². The lowest BCUT2D eigenvalue weighted by molar-refractivity contribution is -0.122. The molecule has 6 heteroatoms. The molecule has 0 aliphatic heterocycles. The number of hydrogen-bond acceptors (Lipinski definition) is 3. The number of aromatic nitrogens is 3. The molecule has 0 saturated heterocycles. The number of unbranched alkanes of at least 4 members (excludes halogenated alkanes) is 3. The van der Waals surface area contributed by atoms with E-state index in [1.807, 2.05) is 31.2 Å². The monoisotopic (exact) mass is 360 g/mol. The van der Waals surface area contributed by atoms with E-state index in [-0.39, 0.29) is 18.5 Å². The van der Waals surface area contributed by atoms with Crippen LogP contribution in [0.2, 0.25) is 0 Å². The van der Waals surface area contributed by atoms with Crippen molar-refractivity contribution in [2.75, 3.05) is 0 Å². The zero-order valence-electron chi connectivity index (χ0n) is 15.3. The van der Waals surface area contributed by atoms with Gasteiger partial charge in [0.15, 0.2) is 10.6 Å². The predicted molar refractivity (Wildman–Crippen MR) is 104 cm³/mol. The summed E-state index contributed by atoms with van der Waals surface area (Å²) in [7, 11) is 0. The third-order valence-electron chi connectivity index (χ3n) is 4.23. The van der Waals surface area contributed by atoms with Gasteiger partial charge in [0.05, 0.1) is 0 Å². The van der Waals surface area contributed by atoms with Gasteiger partial charge in [-0.3, -0.25) is 14.5 Å². The van der Waals surface area contributed by atoms with Crippen molar-refractivity contribution in [1.82, 2.24) is 20.1 Å². The van der Waals surface area contributed by atoms with Crippen LogP contribution in [0.3, 0.4) is 0 Å². The van der Waals surface area contributed by atoms with Crippen molar-refractivity contribution in [3.05, 3.63) is 34.6 Å². The molecule has 0 saturated carbocycles. The van der Waals surface area contributed by atoms with Gasteiger partial charge in [-0.15, -0.1) is 0 Å². The summed E-state index contributed by atoms with van der Waals surface area (Å²) in [5, 5.41) is 10.2. The van der Waals surface area contributed by atoms with Gasteiger partial charge >= 0.3 is 0 Å². The molecular weight excluding hydrogens is 332 g/mol. The Morgan fingerprint density at radius 3 is 2.88 bits per heavy atom. The van der Waals surface area contributed by atoms with Crippen LogP contribution in [0, 0.1) is 11.7 Å². The molecule has 2 rings (SSSR count). The molecular formula is C19H28N4OS. The van der Waals surface area contributed by atoms with Gasteiger partial charge in [0.25, 0.3) is 0 Å². The first kappa shape index (κ1) is 19.4. The molecule has 2 aromatic rings. The second kappa shape index (κ2) is 9.51. The van der Waals surface area contributed by atoms with Crippen LogP contribution in [0.5, 0.6) is 0 Å². The lowest BCUT2D eigenvalue weighted by atomic mass is 10.1. The first-order valence-electron chi connectivity index (χ1n) is 9.03. The molecule has 2 N–H and O–H groups in total. The summed E-state index contributed by atoms with van der Waals surface area (Å²) >= 11 is 5.30. The second-order valence-electron chi connectivity index (χ2n) is 6.63. The van der Waals surface area contributed by atoms with E-state index in [0.717, 1.165) is 24.0 Å². The zero-order valence-corrected chi connectivity index (χ0v) is 16.2. The Bertz CT molecular complexity index is 750. The van der Waals surface area contributed by atoms with Crippen LogP contribution in [-0.4, -0.2) is 26.7 Å². The third kappa shape index (κ3) is 5.81. The molecule has 0 spiro atoms. The fraction of sp³-hybridized carbons (Fsp3) is 0.526. The summed E-state index contributed by atoms with van der Waals surface area (Å²) in [5.74, 6) is 0.661. The van der Waals surface area contributed by atoms with E-state index in [1.54, 1.807) is 4.57 Å². The van der Waals surface area contributed by atoms with Crippen molar-refractivity contribution in [2.24, 2.45) is 0 Å². The minimum absolute atomic E-state index is 0.0330. The molecule has 1 aromatic heterocycles. The Kier molecular flexibility index (Phi) is 7.37. The number of aromatic amines is 1. The molecule has 0 aliphatic carbocycles. The van der Waals surface area contributed by atoms with Crippen LogP contribution in [-0.2, 0) is 11.3 Å². The highest BCUT2D eigenvalue weighted by atomic mass is 32.1. The lowest BCUT2D eigenvalue weighted by Crippen LogP contribution is -2.35. The summed E-state index contributed by atoms with van der Waals surface area (Å²) in [6.07, 6.45) is 5.86. The van der Waals surface area contributed by atoms with Crippen molar-refractivity contribution in [3.8, 4) is 11.4 Å². The topological polar surface area (TPSA) is 62.7 Å². The predicted octanol–water partition coefficient (Wildman–Crippen LogP) is 4.39. The molecule has 136 valence electrons. The SMILES string of the molecule is CCCCCCC(C)NC(=O)Cn1c(-c2cccc(C)c2)n[nH]c1=S. The summed E-state index contributed by atoms with van der Waals surface area (Å²) in [6.45, 7) is 6.46. The van der Waals surface area contributed by atoms with Crippen LogP contribution in [0.1, 0.15) is 51.5 Å². The van der Waals surface area contributed by atoms with Gasteiger partial charge in [0.2, 0.25) is 5.91 Å². The average molecular weight is 361 g/mol. The molecule has 0 fully saturated rings. The van der Waals surface area contributed by atoms with Crippen molar-refractivity contribution >= 4 is 18.1 Å². The Morgan fingerprint density at radius 1 is 1.36 bits per heavy atom. The highest BCUT2D eigenvalue weighted by Gasteiger charge is 2.14. The Balaban J connectivity index is 1.99. The van der Waals surface area contributed by atoms with Gasteiger partial charge in [-0.25, -0.2) is 0 Å². The number of aryl methyl sites for hydroxylation is 1. The minimum atomic E-state index is -0.0330. The van der Waals surface area contributed by atoms with Crippen molar-refractivity contribution in [1.29, 1.82) is 0 Å². The standard InChI is InChI=1S/C19H28N4OS/c1-4-5-6-7-10-15(3)20-17(24)13-23-18(21-22-19(23)25)16-11-8-9-14(2)12-16/h8-9,11-12,15H,4-7,10,13H2,1-3H3,(H,20,24)(H,22,25). The maximum atomic E-state index is 12.4. The summed E-state index contributed by atoms with van der Waals surface area (Å²) in [6, 6.07) is 8.19. The van der Waals surface area contributed by atoms with Crippen LogP contribution < -0.4 is 5.32 Å². The Hall–Kier alpha value is -1.95. The van der Waals surface area contributed by atoms with E-state index in [2.05, 4.69) is 29.4 Å². The number of nitrogens with zero attached hydrogens (tertiary/aromatic N) is 2. The van der Waals surface area contributed by atoms with Crippen LogP contribution in [0.15, 0.2) is 24.3 Å². The summed E-state index contributed by atoms with van der Waals surface area (Å²) < 4.78 is 2.21. The largest absolute Gasteiger partial charge is 0.352 e. The van der Waals surface area contributed by atoms with E-state index in [9.17, 15) is 4.79 Å². The van der Waals surface area contributed by atoms with E-state index in [1.165, 1.54) is 19.3 Å². The van der Waals surface area contributed by atoms with E-state index >= 15 is 0 Å². The van der Waals surface area contributed by atoms with Gasteiger partial charge in [-0.2, -0.15) is 5.10 Å². The molecule has 0 radical (unpaired) electrons. The second-order valence-corrected chi connectivity index (χ2v) is 7.01. The number of hydrogen-bond donors (Lipinski definition) is 2. The van der Waals surface area contributed by atoms with Gasteiger partial charge in [0.1, 0.15) is 6.54 Å². The molecule has 1 aromatic carbocycles. The molecule has 1 atom stereocenters. The van der Waals surface area contributed by atoms with Gasteiger partial charge in [-0.05, 0) is 38.6 Å². The first-order chi connectivity index (χ1) is 12.0. The van der Waals surface area contributed by atoms with Gasteiger partial charge in [-0.1, -0.05) is 56.4 Å². The zero-order chi connectivity index (χ0) is 18.2. The van der Waals surface area contributed by atoms with Crippen LogP contribution in [0.25, 0.3) is 11.4 Å². The minimum Gasteiger partial charge on any atom is -0.352 e. The van der Waals surface area contributed by atoms with E-state index < -0.39 is 0 Å². The average Bonchev–Trinajstić information content (AvgIpc) is 2.92. The molecule has 25 heavy (non-hydrogen) atoms. The fourth-order valence-electron chi connectivity index (χ4n) is 2.88. The smallest absolute Gasteiger partial charge is 0.240 e. The van der Waals surface area contributed by atoms with E-state index in [4.69, 9.17) is 12.2 Å². The van der Waals surface area contributed by atoms with E-state index in [0.29, 0.717) is 10.6 Å². The normalized spacial score (nSPS) is 12.1. The number of nitrogens with one attached hydrogen (secondary N) is 2. The number of rotatable bonds is 9. The maximum absolute atomic E-state index is 12.4. The quantitative estimate of drug-likeness (QED) is 0.515. The molecule has 1 heterocycles. The summed E-state index contributed by atoms with van der Waals surface area (Å²) in [4.78, 5) is 12.4. The fourth-order valence-corrected chi connectivity index (χ4v) is 3.08. The maximum Gasteiger partial charge on any atom is 0.240 e. The van der Waals surface area contributed by atoms with Crippen molar-refractivity contribution < 1.29 is 4.79 Å². The van der Waals surface area contributed by atoms with Crippen LogP contribution in [0.4, 0.5) is 0 Å². The molecule has 0 aliphatic rings. The number of benzene rings is 1. The number of H-pyrrole nitrogens is 1. The van der Waals surface area contributed by atoms with Gasteiger partial charge < -0.3 is 5.32 Å². The molecule has 1 unspecified atom stereocenters. The van der Waals surface area contributed by atoms with Crippen LogP contribution >= 0.6 is 12.2 Å². The van der Waals surface area contributed by atoms with Gasteiger partial charge in [0, 0.05) is 11.6 Å². The highest BCUT2D eigenvalue weighted by molar-refractivity contribution is 7.71. The summed E-state index contributed by atoms with van der Waals surface area (Å²) in [5.41, 5.74) is 2.09. The number of carbonyl (C=O) groups excluding carboxylic acids is 1. The van der Waals surface area contributed by atoms with Crippen molar-refractivity contribution in [3.63, 3.8) is 0 Å². The Morgan fingerprint density at radius 2 is 2.16 bits per heavy atom. The lowest BCUT2D eigenvalue weighted by Gasteiger charge is -2.14. The van der Waals surface area contributed by atoms with Crippen molar-refractivity contribution in [2.45, 2.75) is 65.5 Å². The number of amides is 1. The molecule has 5 nitrogen and oxygen atoms in total. The highest BCUT2D eigenvalue weighted by Crippen LogP contribution is 2.18. The first-order valence-corrected chi connectivity index (χ1v) is 9.43. The molecule has 0 bridgehead atoms. The number of carbonyl (C=O) groups is 1.